The van der Waals surface area contributed by atoms with E-state index in [9.17, 15) is 18.0 Å². The topological polar surface area (TPSA) is 56.2 Å². The molecule has 0 saturated heterocycles. The lowest BCUT2D eigenvalue weighted by Crippen LogP contribution is -2.17. The predicted octanol–water partition coefficient (Wildman–Crippen LogP) is 3.79. The molecule has 9 heteroatoms. The van der Waals surface area contributed by atoms with Crippen LogP contribution >= 0.6 is 11.3 Å². The molecule has 3 aromatic rings. The number of alkyl halides is 3. The van der Waals surface area contributed by atoms with E-state index in [2.05, 4.69) is 15.0 Å². The van der Waals surface area contributed by atoms with Crippen molar-refractivity contribution >= 4 is 33.3 Å². The largest absolute Gasteiger partial charge is 0.573 e. The number of rotatable bonds is 3. The van der Waals surface area contributed by atoms with Crippen molar-refractivity contribution in [1.29, 1.82) is 0 Å². The quantitative estimate of drug-likeness (QED) is 0.789. The third kappa shape index (κ3) is 3.29. The summed E-state index contributed by atoms with van der Waals surface area (Å²) in [4.78, 5) is 16.4. The number of nitrogens with one attached hydrogen (secondary N) is 1. The molecule has 0 aliphatic rings. The number of ether oxygens (including phenoxy) is 1. The molecule has 0 fully saturated rings. The summed E-state index contributed by atoms with van der Waals surface area (Å²) in [7, 11) is 1.72. The summed E-state index contributed by atoms with van der Waals surface area (Å²) in [5.41, 5.74) is 3.16. The Bertz CT molecular complexity index is 852. The lowest BCUT2D eigenvalue weighted by molar-refractivity contribution is -0.274. The monoisotopic (exact) mass is 341 g/mol. The standard InChI is InChI=1S/C14H10F3N3O2S/c1-20-10(6-11-12(20)18-7-23-11)13(21)19-8-2-4-9(5-3-8)22-14(15,16)17/h2-7H,1H3,(H,19,21). The highest BCUT2D eigenvalue weighted by molar-refractivity contribution is 7.16. The number of benzene rings is 1. The van der Waals surface area contributed by atoms with Gasteiger partial charge in [0.1, 0.15) is 11.4 Å². The van der Waals surface area contributed by atoms with Gasteiger partial charge >= 0.3 is 6.36 Å². The number of amides is 1. The van der Waals surface area contributed by atoms with Crippen LogP contribution in [0.1, 0.15) is 10.5 Å². The molecule has 1 N–H and O–H groups in total. The van der Waals surface area contributed by atoms with Crippen molar-refractivity contribution < 1.29 is 22.7 Å². The predicted molar refractivity (Wildman–Crippen MR) is 79.7 cm³/mol. The van der Waals surface area contributed by atoms with Crippen LogP contribution < -0.4 is 10.1 Å². The molecule has 0 radical (unpaired) electrons. The lowest BCUT2D eigenvalue weighted by atomic mass is 10.3. The molecule has 0 atom stereocenters. The Labute approximate surface area is 132 Å². The first-order valence-electron chi connectivity index (χ1n) is 6.39. The van der Waals surface area contributed by atoms with Gasteiger partial charge in [-0.15, -0.1) is 24.5 Å². The van der Waals surface area contributed by atoms with Gasteiger partial charge in [0, 0.05) is 12.7 Å². The summed E-state index contributed by atoms with van der Waals surface area (Å²) in [6.07, 6.45) is -4.74. The molecule has 0 unspecified atom stereocenters. The lowest BCUT2D eigenvalue weighted by Gasteiger charge is -2.10. The van der Waals surface area contributed by atoms with Crippen LogP contribution in [0, 0.1) is 0 Å². The van der Waals surface area contributed by atoms with Crippen LogP contribution in [0.15, 0.2) is 35.8 Å². The molecule has 5 nitrogen and oxygen atoms in total. The number of fused-ring (bicyclic) bond motifs is 1. The highest BCUT2D eigenvalue weighted by Crippen LogP contribution is 2.25. The Morgan fingerprint density at radius 2 is 2.00 bits per heavy atom. The Morgan fingerprint density at radius 3 is 2.61 bits per heavy atom. The first kappa shape index (κ1) is 15.3. The molecule has 1 aromatic carbocycles. The van der Waals surface area contributed by atoms with Crippen molar-refractivity contribution in [3.8, 4) is 5.75 Å². The number of anilines is 1. The second-order valence-corrected chi connectivity index (χ2v) is 5.54. The minimum Gasteiger partial charge on any atom is -0.406 e. The van der Waals surface area contributed by atoms with Gasteiger partial charge in [-0.3, -0.25) is 4.79 Å². The van der Waals surface area contributed by atoms with Crippen molar-refractivity contribution in [2.24, 2.45) is 7.05 Å². The van der Waals surface area contributed by atoms with Crippen LogP contribution in [0.2, 0.25) is 0 Å². The Morgan fingerprint density at radius 1 is 1.30 bits per heavy atom. The molecule has 2 heterocycles. The number of hydrogen-bond donors (Lipinski definition) is 1. The summed E-state index contributed by atoms with van der Waals surface area (Å²) in [6.45, 7) is 0. The van der Waals surface area contributed by atoms with Crippen molar-refractivity contribution in [2.45, 2.75) is 6.36 Å². The number of carbonyl (C=O) groups excluding carboxylic acids is 1. The van der Waals surface area contributed by atoms with Gasteiger partial charge in [-0.1, -0.05) is 0 Å². The van der Waals surface area contributed by atoms with E-state index in [1.807, 2.05) is 0 Å². The van der Waals surface area contributed by atoms with Gasteiger partial charge in [0.25, 0.3) is 5.91 Å². The highest BCUT2D eigenvalue weighted by atomic mass is 32.1. The maximum Gasteiger partial charge on any atom is 0.573 e. The highest BCUT2D eigenvalue weighted by Gasteiger charge is 2.31. The van der Waals surface area contributed by atoms with E-state index in [0.717, 1.165) is 16.8 Å². The first-order chi connectivity index (χ1) is 10.8. The van der Waals surface area contributed by atoms with E-state index in [1.54, 1.807) is 23.2 Å². The number of aryl methyl sites for hydroxylation is 1. The minimum atomic E-state index is -4.74. The SMILES string of the molecule is Cn1c(C(=O)Nc2ccc(OC(F)(F)F)cc2)cc2scnc21. The summed E-state index contributed by atoms with van der Waals surface area (Å²) in [5.74, 6) is -0.721. The van der Waals surface area contributed by atoms with Crippen molar-refractivity contribution in [2.75, 3.05) is 5.32 Å². The van der Waals surface area contributed by atoms with Crippen LogP contribution in [0.5, 0.6) is 5.75 Å². The Hall–Kier alpha value is -2.55. The zero-order valence-electron chi connectivity index (χ0n) is 11.7. The number of hydrogen-bond acceptors (Lipinski definition) is 4. The molecule has 0 aliphatic heterocycles. The summed E-state index contributed by atoms with van der Waals surface area (Å²) in [5, 5.41) is 2.62. The third-order valence-electron chi connectivity index (χ3n) is 3.10. The average molecular weight is 341 g/mol. The van der Waals surface area contributed by atoms with E-state index in [-0.39, 0.29) is 11.7 Å². The van der Waals surface area contributed by atoms with Gasteiger partial charge in [-0.25, -0.2) is 4.98 Å². The summed E-state index contributed by atoms with van der Waals surface area (Å²) < 4.78 is 42.6. The number of aromatic nitrogens is 2. The third-order valence-corrected chi connectivity index (χ3v) is 3.87. The fourth-order valence-corrected chi connectivity index (χ4v) is 2.83. The second-order valence-electron chi connectivity index (χ2n) is 4.66. The van der Waals surface area contributed by atoms with Crippen LogP contribution in [0.3, 0.4) is 0 Å². The van der Waals surface area contributed by atoms with Crippen LogP contribution in [0.25, 0.3) is 10.3 Å². The van der Waals surface area contributed by atoms with Crippen molar-refractivity contribution in [3.05, 3.63) is 41.5 Å². The number of halogens is 3. The molecule has 3 rings (SSSR count). The molecule has 120 valence electrons. The van der Waals surface area contributed by atoms with Crippen LogP contribution in [-0.2, 0) is 7.05 Å². The van der Waals surface area contributed by atoms with Gasteiger partial charge in [0.2, 0.25) is 0 Å². The maximum absolute atomic E-state index is 12.2. The van der Waals surface area contributed by atoms with E-state index in [4.69, 9.17) is 0 Å². The van der Waals surface area contributed by atoms with Gasteiger partial charge < -0.3 is 14.6 Å². The first-order valence-corrected chi connectivity index (χ1v) is 7.27. The zero-order valence-corrected chi connectivity index (χ0v) is 12.5. The fourth-order valence-electron chi connectivity index (χ4n) is 2.09. The number of thiazole rings is 1. The molecule has 0 saturated carbocycles. The molecule has 0 bridgehead atoms. The molecular formula is C14H10F3N3O2S. The van der Waals surface area contributed by atoms with E-state index in [1.165, 1.54) is 23.5 Å². The van der Waals surface area contributed by atoms with Gasteiger partial charge in [0.05, 0.1) is 10.2 Å². The van der Waals surface area contributed by atoms with E-state index in [0.29, 0.717) is 17.0 Å². The number of nitrogens with zero attached hydrogens (tertiary/aromatic N) is 2. The van der Waals surface area contributed by atoms with Crippen LogP contribution in [-0.4, -0.2) is 21.8 Å². The molecular weight excluding hydrogens is 331 g/mol. The van der Waals surface area contributed by atoms with Crippen molar-refractivity contribution in [3.63, 3.8) is 0 Å². The number of carbonyl (C=O) groups is 1. The van der Waals surface area contributed by atoms with Gasteiger partial charge in [0.15, 0.2) is 5.65 Å². The molecule has 0 aliphatic carbocycles. The molecule has 0 spiro atoms. The Balaban J connectivity index is 1.75. The molecule has 23 heavy (non-hydrogen) atoms. The Kier molecular flexibility index (Phi) is 3.72. The van der Waals surface area contributed by atoms with Crippen LogP contribution in [0.4, 0.5) is 18.9 Å². The minimum absolute atomic E-state index is 0.348. The smallest absolute Gasteiger partial charge is 0.406 e. The normalized spacial score (nSPS) is 11.7. The zero-order chi connectivity index (χ0) is 16.6. The fraction of sp³-hybridized carbons (Fsp3) is 0.143. The molecule has 1 amide bonds. The van der Waals surface area contributed by atoms with Crippen molar-refractivity contribution in [1.82, 2.24) is 9.55 Å². The van der Waals surface area contributed by atoms with Gasteiger partial charge in [-0.05, 0) is 30.3 Å². The maximum atomic E-state index is 12.2. The molecule has 2 aromatic heterocycles. The summed E-state index contributed by atoms with van der Waals surface area (Å²) in [6, 6.07) is 6.65. The van der Waals surface area contributed by atoms with Gasteiger partial charge in [-0.2, -0.15) is 0 Å². The van der Waals surface area contributed by atoms with E-state index >= 15 is 0 Å². The second kappa shape index (κ2) is 5.58. The average Bonchev–Trinajstić information content (AvgIpc) is 3.03. The van der Waals surface area contributed by atoms with E-state index < -0.39 is 6.36 Å². The summed E-state index contributed by atoms with van der Waals surface area (Å²) >= 11 is 1.42.